The number of nitrogens with one attached hydrogen (secondary N) is 1. The predicted octanol–water partition coefficient (Wildman–Crippen LogP) is 1.36. The molecule has 2 heterocycles. The first-order chi connectivity index (χ1) is 12.3. The van der Waals surface area contributed by atoms with E-state index in [1.165, 1.54) is 0 Å². The van der Waals surface area contributed by atoms with E-state index >= 15 is 0 Å². The number of piperidine rings is 1. The van der Waals surface area contributed by atoms with Crippen LogP contribution in [0.5, 0.6) is 0 Å². The molecule has 0 radical (unpaired) electrons. The lowest BCUT2D eigenvalue weighted by Gasteiger charge is -2.44. The van der Waals surface area contributed by atoms with E-state index in [0.717, 1.165) is 58.4 Å². The second-order valence-electron chi connectivity index (χ2n) is 9.19. The topological polar surface area (TPSA) is 61.9 Å². The summed E-state index contributed by atoms with van der Waals surface area (Å²) in [6.07, 6.45) is 4.13. The minimum atomic E-state index is -0.234. The molecule has 6 heteroatoms. The summed E-state index contributed by atoms with van der Waals surface area (Å²) in [5, 5.41) is 3.23. The molecule has 3 aliphatic rings. The smallest absolute Gasteiger partial charge is 0.248 e. The van der Waals surface area contributed by atoms with Gasteiger partial charge >= 0.3 is 0 Å². The van der Waals surface area contributed by atoms with E-state index in [9.17, 15) is 9.59 Å². The lowest BCUT2D eigenvalue weighted by molar-refractivity contribution is -0.139. The Morgan fingerprint density at radius 3 is 2.50 bits per heavy atom. The van der Waals surface area contributed by atoms with Gasteiger partial charge in [0.2, 0.25) is 11.8 Å². The van der Waals surface area contributed by atoms with Crippen LogP contribution in [0, 0.1) is 22.7 Å². The fourth-order valence-corrected chi connectivity index (χ4v) is 5.65. The van der Waals surface area contributed by atoms with Crippen LogP contribution in [-0.2, 0) is 14.3 Å². The summed E-state index contributed by atoms with van der Waals surface area (Å²) >= 11 is 0. The van der Waals surface area contributed by atoms with Crippen LogP contribution in [0.15, 0.2) is 0 Å². The predicted molar refractivity (Wildman–Crippen MR) is 101 cm³/mol. The SMILES string of the molecule is COCC(=O)N1CCC2(CC1)CC[C@@]1(C(=O)NCC(C)C)CN(C)C[C@@H]21. The standard InChI is InChI=1S/C20H35N3O3/c1-15(2)11-21-18(25)20-6-5-19(16(20)12-22(3)14-20)7-9-23(10-8-19)17(24)13-26-4/h15-16H,5-14H2,1-4H3,(H,21,25)/t16-,20+/m0/s1. The number of carbonyl (C=O) groups excluding carboxylic acids is 2. The Morgan fingerprint density at radius 1 is 1.19 bits per heavy atom. The summed E-state index contributed by atoms with van der Waals surface area (Å²) in [6.45, 7) is 8.66. The number of fused-ring (bicyclic) bond motifs is 2. The molecule has 1 spiro atoms. The maximum Gasteiger partial charge on any atom is 0.248 e. The second kappa shape index (κ2) is 7.47. The molecule has 2 aliphatic heterocycles. The number of hydrogen-bond donors (Lipinski definition) is 1. The summed E-state index contributed by atoms with van der Waals surface area (Å²) in [6, 6.07) is 0. The lowest BCUT2D eigenvalue weighted by atomic mass is 9.65. The first kappa shape index (κ1) is 19.6. The minimum Gasteiger partial charge on any atom is -0.375 e. The van der Waals surface area contributed by atoms with Gasteiger partial charge in [-0.05, 0) is 50.0 Å². The number of rotatable bonds is 5. The molecule has 0 aromatic rings. The third-order valence-electron chi connectivity index (χ3n) is 7.02. The number of methoxy groups -OCH3 is 1. The minimum absolute atomic E-state index is 0.0878. The van der Waals surface area contributed by atoms with E-state index in [1.807, 2.05) is 4.90 Å². The molecule has 148 valence electrons. The van der Waals surface area contributed by atoms with Crippen LogP contribution in [0.3, 0.4) is 0 Å². The zero-order chi connectivity index (χ0) is 18.9. The van der Waals surface area contributed by atoms with E-state index in [0.29, 0.717) is 11.8 Å². The Hall–Kier alpha value is -1.14. The molecule has 1 aliphatic carbocycles. The number of likely N-dealkylation sites (tertiary alicyclic amines) is 2. The molecule has 1 N–H and O–H groups in total. The van der Waals surface area contributed by atoms with Crippen LogP contribution < -0.4 is 5.32 Å². The normalized spacial score (nSPS) is 30.8. The third-order valence-corrected chi connectivity index (χ3v) is 7.02. The zero-order valence-corrected chi connectivity index (χ0v) is 16.8. The molecule has 26 heavy (non-hydrogen) atoms. The molecule has 6 nitrogen and oxygen atoms in total. The maximum atomic E-state index is 13.2. The van der Waals surface area contributed by atoms with Crippen molar-refractivity contribution in [1.82, 2.24) is 15.1 Å². The van der Waals surface area contributed by atoms with Crippen molar-refractivity contribution in [2.24, 2.45) is 22.7 Å². The summed E-state index contributed by atoms with van der Waals surface area (Å²) in [5.74, 6) is 1.23. The van der Waals surface area contributed by atoms with E-state index < -0.39 is 0 Å². The van der Waals surface area contributed by atoms with E-state index in [1.54, 1.807) is 7.11 Å². The Balaban J connectivity index is 1.72. The van der Waals surface area contributed by atoms with Crippen molar-refractivity contribution in [2.75, 3.05) is 53.5 Å². The van der Waals surface area contributed by atoms with Gasteiger partial charge in [-0.1, -0.05) is 13.8 Å². The molecule has 3 fully saturated rings. The highest BCUT2D eigenvalue weighted by atomic mass is 16.5. The Kier molecular flexibility index (Phi) is 5.63. The Bertz CT molecular complexity index is 542. The van der Waals surface area contributed by atoms with Crippen molar-refractivity contribution in [3.05, 3.63) is 0 Å². The van der Waals surface area contributed by atoms with Crippen molar-refractivity contribution in [3.8, 4) is 0 Å². The first-order valence-electron chi connectivity index (χ1n) is 10.1. The largest absolute Gasteiger partial charge is 0.375 e. The Labute approximate surface area is 157 Å². The average molecular weight is 366 g/mol. The van der Waals surface area contributed by atoms with Crippen molar-refractivity contribution in [2.45, 2.75) is 39.5 Å². The van der Waals surface area contributed by atoms with Crippen LogP contribution in [0.4, 0.5) is 0 Å². The van der Waals surface area contributed by atoms with Crippen LogP contribution >= 0.6 is 0 Å². The number of carbonyl (C=O) groups is 2. The van der Waals surface area contributed by atoms with Crippen LogP contribution in [-0.4, -0.2) is 75.1 Å². The quantitative estimate of drug-likeness (QED) is 0.799. The highest BCUT2D eigenvalue weighted by molar-refractivity contribution is 5.84. The van der Waals surface area contributed by atoms with Gasteiger partial charge in [-0.25, -0.2) is 0 Å². The molecule has 2 atom stereocenters. The number of hydrogen-bond acceptors (Lipinski definition) is 4. The Morgan fingerprint density at radius 2 is 1.88 bits per heavy atom. The lowest BCUT2D eigenvalue weighted by Crippen LogP contribution is -2.50. The monoisotopic (exact) mass is 365 g/mol. The molecule has 0 aromatic heterocycles. The van der Waals surface area contributed by atoms with Gasteiger partial charge in [-0.2, -0.15) is 0 Å². The first-order valence-corrected chi connectivity index (χ1v) is 10.1. The van der Waals surface area contributed by atoms with E-state index in [2.05, 4.69) is 31.1 Å². The van der Waals surface area contributed by atoms with Gasteiger partial charge in [0.05, 0.1) is 5.41 Å². The van der Waals surface area contributed by atoms with Crippen LogP contribution in [0.1, 0.15) is 39.5 Å². The van der Waals surface area contributed by atoms with Gasteiger partial charge in [-0.3, -0.25) is 9.59 Å². The number of ether oxygens (including phenoxy) is 1. The molecule has 2 saturated heterocycles. The number of amides is 2. The second-order valence-corrected chi connectivity index (χ2v) is 9.19. The van der Waals surface area contributed by atoms with Crippen molar-refractivity contribution < 1.29 is 14.3 Å². The van der Waals surface area contributed by atoms with Crippen molar-refractivity contribution >= 4 is 11.8 Å². The van der Waals surface area contributed by atoms with Crippen LogP contribution in [0.25, 0.3) is 0 Å². The molecule has 2 amide bonds. The van der Waals surface area contributed by atoms with Gasteiger partial charge in [-0.15, -0.1) is 0 Å². The van der Waals surface area contributed by atoms with E-state index in [-0.39, 0.29) is 29.3 Å². The van der Waals surface area contributed by atoms with E-state index in [4.69, 9.17) is 4.74 Å². The number of nitrogens with zero attached hydrogens (tertiary/aromatic N) is 2. The average Bonchev–Trinajstić information content (AvgIpc) is 3.09. The fourth-order valence-electron chi connectivity index (χ4n) is 5.65. The summed E-state index contributed by atoms with van der Waals surface area (Å²) in [4.78, 5) is 29.6. The molecule has 0 unspecified atom stereocenters. The fraction of sp³-hybridized carbons (Fsp3) is 0.900. The van der Waals surface area contributed by atoms with Crippen LogP contribution in [0.2, 0.25) is 0 Å². The molecule has 1 saturated carbocycles. The molecular formula is C20H35N3O3. The molecular weight excluding hydrogens is 330 g/mol. The van der Waals surface area contributed by atoms with Crippen molar-refractivity contribution in [1.29, 1.82) is 0 Å². The zero-order valence-electron chi connectivity index (χ0n) is 16.8. The van der Waals surface area contributed by atoms with Gasteiger partial charge in [0.1, 0.15) is 6.61 Å². The molecule has 3 rings (SSSR count). The van der Waals surface area contributed by atoms with Gasteiger partial charge in [0, 0.05) is 39.8 Å². The highest BCUT2D eigenvalue weighted by Gasteiger charge is 2.63. The molecule has 0 aromatic carbocycles. The molecule has 0 bridgehead atoms. The summed E-state index contributed by atoms with van der Waals surface area (Å²) in [5.41, 5.74) is -0.0217. The maximum absolute atomic E-state index is 13.2. The van der Waals surface area contributed by atoms with Gasteiger partial charge in [0.25, 0.3) is 0 Å². The highest BCUT2D eigenvalue weighted by Crippen LogP contribution is 2.61. The van der Waals surface area contributed by atoms with Crippen molar-refractivity contribution in [3.63, 3.8) is 0 Å². The third kappa shape index (κ3) is 3.38. The summed E-state index contributed by atoms with van der Waals surface area (Å²) in [7, 11) is 3.71. The van der Waals surface area contributed by atoms with Gasteiger partial charge < -0.3 is 19.9 Å². The van der Waals surface area contributed by atoms with Gasteiger partial charge in [0.15, 0.2) is 0 Å². The summed E-state index contributed by atoms with van der Waals surface area (Å²) < 4.78 is 5.00.